The molecule has 0 unspecified atom stereocenters. The molecule has 3 heterocycles. The molecule has 3 aliphatic heterocycles. The molecule has 0 fully saturated rings. The zero-order valence-corrected chi connectivity index (χ0v) is 21.5. The smallest absolute Gasteiger partial charge is 0.262 e. The van der Waals surface area contributed by atoms with E-state index >= 15 is 0 Å². The molecule has 0 aliphatic carbocycles. The largest absolute Gasteiger partial charge is 0.277 e. The summed E-state index contributed by atoms with van der Waals surface area (Å²) in [6, 6.07) is 20.4. The van der Waals surface area contributed by atoms with E-state index in [4.69, 9.17) is 6.42 Å². The van der Waals surface area contributed by atoms with Crippen LogP contribution in [-0.2, 0) is 0 Å². The molecule has 0 bridgehead atoms. The number of rotatable bonds is 3. The van der Waals surface area contributed by atoms with Crippen LogP contribution in [0.5, 0.6) is 0 Å². The number of imide groups is 3. The Hall–Kier alpha value is -5.62. The van der Waals surface area contributed by atoms with Crippen LogP contribution in [0.4, 0.5) is 0 Å². The first-order valence-electron chi connectivity index (χ1n) is 12.1. The third-order valence-electron chi connectivity index (χ3n) is 6.31. The number of nitrogens with zero attached hydrogens (tertiary/aromatic N) is 3. The minimum atomic E-state index is -0.302. The highest BCUT2D eigenvalue weighted by Gasteiger charge is 2.35. The molecule has 9 nitrogen and oxygen atoms in total. The molecule has 0 aromatic heterocycles. The maximum atomic E-state index is 11.7. The molecule has 40 heavy (non-hydrogen) atoms. The average molecular weight is 534 g/mol. The Morgan fingerprint density at radius 2 is 0.900 bits per heavy atom. The fraction of sp³-hybridized carbons (Fsp3) is 0.0968. The van der Waals surface area contributed by atoms with E-state index in [0.29, 0.717) is 33.4 Å². The monoisotopic (exact) mass is 533 g/mol. The van der Waals surface area contributed by atoms with E-state index < -0.39 is 0 Å². The molecule has 0 radical (unpaired) electrons. The predicted octanol–water partition coefficient (Wildman–Crippen LogP) is 3.30. The molecule has 0 atom stereocenters. The number of carbonyl (C=O) groups excluding carboxylic acids is 6. The highest BCUT2D eigenvalue weighted by atomic mass is 16.2. The van der Waals surface area contributed by atoms with Gasteiger partial charge in [-0.2, -0.15) is 0 Å². The van der Waals surface area contributed by atoms with Gasteiger partial charge in [-0.1, -0.05) is 48.4 Å². The van der Waals surface area contributed by atoms with E-state index in [0.717, 1.165) is 9.80 Å². The zero-order valence-electron chi connectivity index (χ0n) is 21.5. The van der Waals surface area contributed by atoms with Crippen molar-refractivity contribution in [2.75, 3.05) is 20.1 Å². The van der Waals surface area contributed by atoms with Gasteiger partial charge in [0.05, 0.1) is 39.9 Å². The molecule has 3 aromatic rings. The third-order valence-corrected chi connectivity index (χ3v) is 6.31. The predicted molar refractivity (Wildman–Crippen MR) is 146 cm³/mol. The van der Waals surface area contributed by atoms with Gasteiger partial charge in [-0.05, 0) is 36.4 Å². The highest BCUT2D eigenvalue weighted by molar-refractivity contribution is 6.22. The SMILES string of the molecule is C#CCN1C(=O)c2ccccc2C1=O.C=CCN1C(=O)c2ccccc2C1=O.CN1C(=O)c2ccccc2C1=O. The molecule has 0 spiro atoms. The minimum absolute atomic E-state index is 0.0341. The van der Waals surface area contributed by atoms with Gasteiger partial charge in [-0.3, -0.25) is 43.5 Å². The molecule has 3 aliphatic rings. The van der Waals surface area contributed by atoms with Crippen LogP contribution in [0, 0.1) is 12.3 Å². The van der Waals surface area contributed by atoms with Gasteiger partial charge in [0.25, 0.3) is 35.4 Å². The topological polar surface area (TPSA) is 112 Å². The lowest BCUT2D eigenvalue weighted by atomic mass is 10.1. The van der Waals surface area contributed by atoms with Crippen LogP contribution < -0.4 is 0 Å². The molecule has 0 N–H and O–H groups in total. The van der Waals surface area contributed by atoms with Gasteiger partial charge in [-0.15, -0.1) is 13.0 Å². The third kappa shape index (κ3) is 4.81. The number of carbonyl (C=O) groups is 6. The van der Waals surface area contributed by atoms with Crippen LogP contribution in [0.1, 0.15) is 62.1 Å². The average Bonchev–Trinajstić information content (AvgIpc) is 3.47. The van der Waals surface area contributed by atoms with Crippen molar-refractivity contribution in [2.45, 2.75) is 0 Å². The minimum Gasteiger partial charge on any atom is -0.277 e. The number of hydrogen-bond donors (Lipinski definition) is 0. The fourth-order valence-electron chi connectivity index (χ4n) is 4.32. The Morgan fingerprint density at radius 1 is 0.600 bits per heavy atom. The van der Waals surface area contributed by atoms with E-state index in [1.807, 2.05) is 0 Å². The second kappa shape index (κ2) is 11.4. The normalized spacial score (nSPS) is 14.6. The van der Waals surface area contributed by atoms with Crippen molar-refractivity contribution in [2.24, 2.45) is 0 Å². The van der Waals surface area contributed by atoms with Crippen LogP contribution in [0.15, 0.2) is 85.5 Å². The van der Waals surface area contributed by atoms with Gasteiger partial charge >= 0.3 is 0 Å². The molecule has 198 valence electrons. The number of benzene rings is 3. The number of amides is 6. The van der Waals surface area contributed by atoms with Gasteiger partial charge in [0.15, 0.2) is 0 Å². The van der Waals surface area contributed by atoms with Gasteiger partial charge in [0.2, 0.25) is 0 Å². The summed E-state index contributed by atoms with van der Waals surface area (Å²) in [6.45, 7) is 3.81. The summed E-state index contributed by atoms with van der Waals surface area (Å²) >= 11 is 0. The first kappa shape index (κ1) is 27.4. The van der Waals surface area contributed by atoms with Crippen molar-refractivity contribution in [1.82, 2.24) is 14.7 Å². The summed E-state index contributed by atoms with van der Waals surface area (Å²) in [5.74, 6) is 0.798. The summed E-state index contributed by atoms with van der Waals surface area (Å²) < 4.78 is 0. The molecule has 9 heteroatoms. The number of terminal acetylenes is 1. The van der Waals surface area contributed by atoms with Crippen LogP contribution in [0.3, 0.4) is 0 Å². The van der Waals surface area contributed by atoms with E-state index in [9.17, 15) is 28.8 Å². The fourth-order valence-corrected chi connectivity index (χ4v) is 4.32. The molecule has 3 aromatic carbocycles. The molecule has 6 rings (SSSR count). The summed E-state index contributed by atoms with van der Waals surface area (Å²) in [5.41, 5.74) is 2.86. The quantitative estimate of drug-likeness (QED) is 0.290. The van der Waals surface area contributed by atoms with Crippen LogP contribution in [-0.4, -0.2) is 70.3 Å². The first-order valence-corrected chi connectivity index (χ1v) is 12.1. The van der Waals surface area contributed by atoms with Crippen molar-refractivity contribution in [3.05, 3.63) is 119 Å². The van der Waals surface area contributed by atoms with Crippen molar-refractivity contribution in [3.8, 4) is 12.3 Å². The van der Waals surface area contributed by atoms with Crippen molar-refractivity contribution >= 4 is 35.4 Å². The first-order chi connectivity index (χ1) is 19.2. The lowest BCUT2D eigenvalue weighted by molar-refractivity contribution is 0.0658. The van der Waals surface area contributed by atoms with E-state index in [1.54, 1.807) is 78.9 Å². The Labute approximate surface area is 230 Å². The summed E-state index contributed by atoms with van der Waals surface area (Å²) in [7, 11) is 1.49. The Balaban J connectivity index is 0.000000139. The second-order valence-electron chi connectivity index (χ2n) is 8.72. The van der Waals surface area contributed by atoms with Crippen molar-refractivity contribution in [3.63, 3.8) is 0 Å². The van der Waals surface area contributed by atoms with Gasteiger partial charge < -0.3 is 0 Å². The van der Waals surface area contributed by atoms with E-state index in [1.165, 1.54) is 11.9 Å². The lowest BCUT2D eigenvalue weighted by Crippen LogP contribution is -2.29. The van der Waals surface area contributed by atoms with Gasteiger partial charge in [0.1, 0.15) is 0 Å². The Morgan fingerprint density at radius 3 is 1.20 bits per heavy atom. The molecular formula is C31H23N3O6. The number of hydrogen-bond acceptors (Lipinski definition) is 6. The Kier molecular flexibility index (Phi) is 7.82. The van der Waals surface area contributed by atoms with E-state index in [2.05, 4.69) is 12.5 Å². The second-order valence-corrected chi connectivity index (χ2v) is 8.72. The number of fused-ring (bicyclic) bond motifs is 3. The van der Waals surface area contributed by atoms with Crippen LogP contribution >= 0.6 is 0 Å². The van der Waals surface area contributed by atoms with Crippen molar-refractivity contribution < 1.29 is 28.8 Å². The highest BCUT2D eigenvalue weighted by Crippen LogP contribution is 2.23. The summed E-state index contributed by atoms with van der Waals surface area (Å²) in [6.07, 6.45) is 6.61. The van der Waals surface area contributed by atoms with Crippen molar-refractivity contribution in [1.29, 1.82) is 0 Å². The maximum absolute atomic E-state index is 11.7. The Bertz CT molecular complexity index is 1530. The lowest BCUT2D eigenvalue weighted by Gasteiger charge is -2.09. The molecule has 6 amide bonds. The summed E-state index contributed by atoms with van der Waals surface area (Å²) in [4.78, 5) is 72.5. The maximum Gasteiger partial charge on any atom is 0.262 e. The zero-order chi connectivity index (χ0) is 29.0. The standard InChI is InChI=1S/C11H9NO2.C11H7NO2.C9H7NO2/c2*1-2-7-12-10(13)8-5-3-4-6-9(8)11(12)14;1-10-8(11)6-4-2-3-5-7(6)9(10)12/h2-6H,1,7H2;1,3-6H,7H2;2-5H,1H3. The van der Waals surface area contributed by atoms with Gasteiger partial charge in [0, 0.05) is 13.6 Å². The molecule has 0 saturated heterocycles. The van der Waals surface area contributed by atoms with Crippen LogP contribution in [0.2, 0.25) is 0 Å². The molecule has 0 saturated carbocycles. The molecular weight excluding hydrogens is 510 g/mol. The van der Waals surface area contributed by atoms with E-state index in [-0.39, 0.29) is 48.5 Å². The van der Waals surface area contributed by atoms with Gasteiger partial charge in [-0.25, -0.2) is 0 Å². The van der Waals surface area contributed by atoms with Crippen LogP contribution in [0.25, 0.3) is 0 Å². The summed E-state index contributed by atoms with van der Waals surface area (Å²) in [5, 5.41) is 0.